The number of benzene rings is 2. The van der Waals surface area contributed by atoms with Crippen molar-refractivity contribution in [1.82, 2.24) is 4.98 Å². The Labute approximate surface area is 151 Å². The van der Waals surface area contributed by atoms with Gasteiger partial charge in [0.25, 0.3) is 5.56 Å². The van der Waals surface area contributed by atoms with E-state index < -0.39 is 11.5 Å². The van der Waals surface area contributed by atoms with Crippen LogP contribution in [-0.2, 0) is 4.74 Å². The van der Waals surface area contributed by atoms with Gasteiger partial charge in [-0.15, -0.1) is 0 Å². The van der Waals surface area contributed by atoms with Crippen LogP contribution in [0.2, 0.25) is 0 Å². The lowest BCUT2D eigenvalue weighted by Crippen LogP contribution is -2.22. The Bertz CT molecular complexity index is 909. The molecule has 1 N–H and O–H groups in total. The fourth-order valence-electron chi connectivity index (χ4n) is 3.09. The highest BCUT2D eigenvalue weighted by Gasteiger charge is 2.27. The number of methoxy groups -OCH3 is 2. The van der Waals surface area contributed by atoms with Crippen LogP contribution in [0.25, 0.3) is 0 Å². The van der Waals surface area contributed by atoms with Crippen molar-refractivity contribution in [2.75, 3.05) is 14.2 Å². The first-order valence-corrected chi connectivity index (χ1v) is 8.15. The molecule has 0 amide bonds. The van der Waals surface area contributed by atoms with E-state index in [0.717, 1.165) is 11.1 Å². The summed E-state index contributed by atoms with van der Waals surface area (Å²) in [6, 6.07) is 19.7. The summed E-state index contributed by atoms with van der Waals surface area (Å²) in [5.74, 6) is -0.726. The highest BCUT2D eigenvalue weighted by atomic mass is 16.5. The number of H-pyrrole nitrogens is 1. The van der Waals surface area contributed by atoms with Crippen molar-refractivity contribution in [3.05, 3.63) is 99.5 Å². The Morgan fingerprint density at radius 3 is 1.92 bits per heavy atom. The van der Waals surface area contributed by atoms with Crippen LogP contribution in [0.15, 0.2) is 71.7 Å². The van der Waals surface area contributed by atoms with Crippen LogP contribution in [0.1, 0.15) is 33.0 Å². The highest BCUT2D eigenvalue weighted by molar-refractivity contribution is 5.92. The fraction of sp³-hybridized carbons (Fsp3) is 0.143. The number of esters is 1. The first kappa shape index (κ1) is 17.5. The van der Waals surface area contributed by atoms with E-state index in [1.807, 2.05) is 60.7 Å². The number of carbonyl (C=O) groups is 1. The summed E-state index contributed by atoms with van der Waals surface area (Å²) in [7, 11) is 2.68. The molecule has 2 aromatic carbocycles. The quantitative estimate of drug-likeness (QED) is 0.717. The Kier molecular flexibility index (Phi) is 5.17. The maximum Gasteiger partial charge on any atom is 0.347 e. The normalized spacial score (nSPS) is 10.6. The number of rotatable bonds is 5. The largest absolute Gasteiger partial charge is 0.495 e. The Morgan fingerprint density at radius 2 is 1.46 bits per heavy atom. The van der Waals surface area contributed by atoms with Gasteiger partial charge in [0, 0.05) is 17.7 Å². The average molecular weight is 349 g/mol. The topological polar surface area (TPSA) is 68.4 Å². The molecule has 0 spiro atoms. The molecule has 0 saturated heterocycles. The minimum absolute atomic E-state index is 0.135. The van der Waals surface area contributed by atoms with Gasteiger partial charge in [-0.1, -0.05) is 60.7 Å². The van der Waals surface area contributed by atoms with Crippen molar-refractivity contribution in [1.29, 1.82) is 0 Å². The number of hydrogen-bond donors (Lipinski definition) is 1. The summed E-state index contributed by atoms with van der Waals surface area (Å²) in [4.78, 5) is 27.0. The molecule has 132 valence electrons. The van der Waals surface area contributed by atoms with E-state index in [4.69, 9.17) is 9.47 Å². The van der Waals surface area contributed by atoms with Gasteiger partial charge >= 0.3 is 5.97 Å². The van der Waals surface area contributed by atoms with Crippen molar-refractivity contribution in [2.45, 2.75) is 5.92 Å². The molecule has 0 saturated carbocycles. The number of ether oxygens (including phenoxy) is 2. The molecule has 1 aromatic heterocycles. The van der Waals surface area contributed by atoms with Crippen molar-refractivity contribution >= 4 is 5.97 Å². The average Bonchev–Trinajstić information content (AvgIpc) is 2.70. The third kappa shape index (κ3) is 3.24. The zero-order chi connectivity index (χ0) is 18.5. The van der Waals surface area contributed by atoms with E-state index in [2.05, 4.69) is 4.98 Å². The number of aromatic nitrogens is 1. The lowest BCUT2D eigenvalue weighted by atomic mass is 9.85. The van der Waals surface area contributed by atoms with Gasteiger partial charge in [0.2, 0.25) is 0 Å². The smallest absolute Gasteiger partial charge is 0.347 e. The zero-order valence-corrected chi connectivity index (χ0v) is 14.6. The molecule has 3 rings (SSSR count). The summed E-state index contributed by atoms with van der Waals surface area (Å²) in [6.45, 7) is 0. The molecular weight excluding hydrogens is 330 g/mol. The van der Waals surface area contributed by atoms with Crippen LogP contribution >= 0.6 is 0 Å². The molecule has 0 atom stereocenters. The van der Waals surface area contributed by atoms with Gasteiger partial charge in [-0.05, 0) is 11.1 Å². The second kappa shape index (κ2) is 7.70. The van der Waals surface area contributed by atoms with Crippen molar-refractivity contribution in [2.24, 2.45) is 0 Å². The summed E-state index contributed by atoms with van der Waals surface area (Å²) in [5.41, 5.74) is 2.03. The molecule has 3 aromatic rings. The molecule has 0 fully saturated rings. The van der Waals surface area contributed by atoms with Crippen LogP contribution < -0.4 is 10.3 Å². The molecular formula is C21H19NO4. The number of carbonyl (C=O) groups excluding carboxylic acids is 1. The van der Waals surface area contributed by atoms with Gasteiger partial charge in [-0.2, -0.15) is 0 Å². The minimum atomic E-state index is -0.732. The van der Waals surface area contributed by atoms with E-state index in [1.165, 1.54) is 14.2 Å². The minimum Gasteiger partial charge on any atom is -0.495 e. The number of pyridine rings is 1. The standard InChI is InChI=1S/C21H19NO4/c1-25-19-16(13-22-20(23)18(19)21(24)26-2)17(14-9-5-3-6-10-14)15-11-7-4-8-12-15/h3-13,17H,1-2H3,(H,22,23). The zero-order valence-electron chi connectivity index (χ0n) is 14.6. The van der Waals surface area contributed by atoms with E-state index in [0.29, 0.717) is 5.56 Å². The molecule has 0 unspecified atom stereocenters. The Hall–Kier alpha value is -3.34. The van der Waals surface area contributed by atoms with Gasteiger partial charge in [-0.3, -0.25) is 4.79 Å². The summed E-state index contributed by atoms with van der Waals surface area (Å²) in [5, 5.41) is 0. The van der Waals surface area contributed by atoms with Crippen molar-refractivity contribution in [3.8, 4) is 5.75 Å². The predicted octanol–water partition coefficient (Wildman–Crippen LogP) is 3.35. The second-order valence-corrected chi connectivity index (χ2v) is 5.73. The first-order valence-electron chi connectivity index (χ1n) is 8.15. The number of aromatic amines is 1. The fourth-order valence-corrected chi connectivity index (χ4v) is 3.09. The molecule has 0 aliphatic rings. The van der Waals surface area contributed by atoms with Crippen molar-refractivity contribution < 1.29 is 14.3 Å². The van der Waals surface area contributed by atoms with Gasteiger partial charge < -0.3 is 14.5 Å². The van der Waals surface area contributed by atoms with E-state index >= 15 is 0 Å². The Morgan fingerprint density at radius 1 is 0.923 bits per heavy atom. The lowest BCUT2D eigenvalue weighted by Gasteiger charge is -2.22. The first-order chi connectivity index (χ1) is 12.7. The third-order valence-corrected chi connectivity index (χ3v) is 4.25. The third-order valence-electron chi connectivity index (χ3n) is 4.25. The van der Waals surface area contributed by atoms with Crippen LogP contribution in [-0.4, -0.2) is 25.2 Å². The highest BCUT2D eigenvalue weighted by Crippen LogP contribution is 2.37. The molecule has 26 heavy (non-hydrogen) atoms. The molecule has 1 heterocycles. The summed E-state index contributed by atoms with van der Waals surface area (Å²) in [6.07, 6.45) is 1.60. The van der Waals surface area contributed by atoms with Gasteiger partial charge in [0.15, 0.2) is 5.56 Å². The van der Waals surface area contributed by atoms with Gasteiger partial charge in [0.05, 0.1) is 14.2 Å². The van der Waals surface area contributed by atoms with Crippen LogP contribution in [0.5, 0.6) is 5.75 Å². The number of hydrogen-bond acceptors (Lipinski definition) is 4. The molecule has 5 heteroatoms. The molecule has 0 aliphatic heterocycles. The SMILES string of the molecule is COC(=O)c1c(OC)c(C(c2ccccc2)c2ccccc2)c[nH]c1=O. The van der Waals surface area contributed by atoms with E-state index in [9.17, 15) is 9.59 Å². The predicted molar refractivity (Wildman–Crippen MR) is 98.8 cm³/mol. The molecule has 0 bridgehead atoms. The maximum atomic E-state index is 12.2. The second-order valence-electron chi connectivity index (χ2n) is 5.73. The van der Waals surface area contributed by atoms with Crippen LogP contribution in [0.3, 0.4) is 0 Å². The van der Waals surface area contributed by atoms with E-state index in [1.54, 1.807) is 6.20 Å². The number of nitrogens with one attached hydrogen (secondary N) is 1. The summed E-state index contributed by atoms with van der Waals surface area (Å²) >= 11 is 0. The van der Waals surface area contributed by atoms with E-state index in [-0.39, 0.29) is 17.2 Å². The van der Waals surface area contributed by atoms with Crippen LogP contribution in [0.4, 0.5) is 0 Å². The van der Waals surface area contributed by atoms with Crippen LogP contribution in [0, 0.1) is 0 Å². The molecule has 5 nitrogen and oxygen atoms in total. The molecule has 0 aliphatic carbocycles. The molecule has 0 radical (unpaired) electrons. The monoisotopic (exact) mass is 349 g/mol. The maximum absolute atomic E-state index is 12.2. The Balaban J connectivity index is 2.29. The lowest BCUT2D eigenvalue weighted by molar-refractivity contribution is 0.0594. The van der Waals surface area contributed by atoms with Crippen molar-refractivity contribution in [3.63, 3.8) is 0 Å². The van der Waals surface area contributed by atoms with Gasteiger partial charge in [-0.25, -0.2) is 4.79 Å². The van der Waals surface area contributed by atoms with Gasteiger partial charge in [0.1, 0.15) is 5.75 Å². The summed E-state index contributed by atoms with van der Waals surface area (Å²) < 4.78 is 10.3.